The third-order valence-corrected chi connectivity index (χ3v) is 4.69. The third kappa shape index (κ3) is 2.11. The molecule has 0 aromatic heterocycles. The lowest BCUT2D eigenvalue weighted by Gasteiger charge is -2.48. The van der Waals surface area contributed by atoms with Gasteiger partial charge in [0.15, 0.2) is 5.60 Å². The molecule has 1 aliphatic carbocycles. The van der Waals surface area contributed by atoms with Crippen LogP contribution in [0.15, 0.2) is 11.3 Å². The first-order valence-electron chi connectivity index (χ1n) is 5.75. The number of ether oxygens (including phenoxy) is 1. The second kappa shape index (κ2) is 4.79. The Labute approximate surface area is 119 Å². The third-order valence-electron chi connectivity index (χ3n) is 3.82. The molecule has 1 aliphatic heterocycles. The predicted molar refractivity (Wildman–Crippen MR) is 67.7 cm³/mol. The van der Waals surface area contributed by atoms with E-state index in [0.29, 0.717) is 0 Å². The van der Waals surface area contributed by atoms with E-state index in [2.05, 4.69) is 0 Å². The molecule has 0 saturated carbocycles. The minimum absolute atomic E-state index is 0.114. The van der Waals surface area contributed by atoms with Gasteiger partial charge in [-0.15, -0.1) is 23.2 Å². The van der Waals surface area contributed by atoms with E-state index in [9.17, 15) is 20.1 Å². The van der Waals surface area contributed by atoms with E-state index in [1.54, 1.807) is 0 Å². The van der Waals surface area contributed by atoms with Gasteiger partial charge in [0, 0.05) is 12.3 Å². The topological polar surface area (TPSA) is 113 Å². The summed E-state index contributed by atoms with van der Waals surface area (Å²) in [6.45, 7) is 1.45. The fraction of sp³-hybridized carbons (Fsp3) is 0.727. The van der Waals surface area contributed by atoms with Crippen molar-refractivity contribution in [3.63, 3.8) is 0 Å². The molecule has 19 heavy (non-hydrogen) atoms. The van der Waals surface area contributed by atoms with Gasteiger partial charge in [-0.1, -0.05) is 0 Å². The Balaban J connectivity index is 2.50. The molecule has 1 heterocycles. The average molecular weight is 312 g/mol. The van der Waals surface area contributed by atoms with Crippen molar-refractivity contribution >= 4 is 29.2 Å². The molecule has 0 spiro atoms. The molecule has 5 N–H and O–H groups in total. The number of carbonyl (C=O) groups is 1. The number of hydrogen-bond donors (Lipinski definition) is 4. The summed E-state index contributed by atoms with van der Waals surface area (Å²) < 4.78 is 5.13. The Morgan fingerprint density at radius 3 is 2.58 bits per heavy atom. The Hall–Kier alpha value is -0.530. The minimum Gasteiger partial charge on any atom is -0.512 e. The number of carbonyl (C=O) groups excluding carboxylic acids is 1. The molecule has 8 heteroatoms. The summed E-state index contributed by atoms with van der Waals surface area (Å²) in [6.07, 6.45) is -2.73. The first kappa shape index (κ1) is 14.9. The van der Waals surface area contributed by atoms with Crippen molar-refractivity contribution in [2.75, 3.05) is 0 Å². The van der Waals surface area contributed by atoms with Crippen LogP contribution in [0, 0.1) is 5.92 Å². The Kier molecular flexibility index (Phi) is 3.75. The Bertz CT molecular complexity index is 441. The van der Waals surface area contributed by atoms with Crippen LogP contribution in [0.3, 0.4) is 0 Å². The van der Waals surface area contributed by atoms with E-state index in [1.807, 2.05) is 0 Å². The van der Waals surface area contributed by atoms with Crippen LogP contribution in [0.2, 0.25) is 0 Å². The average Bonchev–Trinajstić information content (AvgIpc) is 2.30. The molecular formula is C11H15Cl2NO5. The number of alkyl halides is 2. The largest absolute Gasteiger partial charge is 0.512 e. The fourth-order valence-electron chi connectivity index (χ4n) is 2.55. The van der Waals surface area contributed by atoms with Crippen molar-refractivity contribution in [3.05, 3.63) is 11.3 Å². The zero-order chi connectivity index (χ0) is 14.5. The van der Waals surface area contributed by atoms with Crippen molar-refractivity contribution in [2.24, 2.45) is 11.7 Å². The van der Waals surface area contributed by atoms with Crippen molar-refractivity contribution < 1.29 is 24.9 Å². The Morgan fingerprint density at radius 1 is 1.47 bits per heavy atom. The molecule has 0 unspecified atom stereocenters. The van der Waals surface area contributed by atoms with Gasteiger partial charge >= 0.3 is 5.97 Å². The number of halogens is 2. The molecule has 0 aromatic rings. The van der Waals surface area contributed by atoms with Crippen LogP contribution in [-0.2, 0) is 9.53 Å². The SMILES string of the molecule is C[C@]1(C(Cl)Cl)OC(=O)C2=C(O)C[C@H](O)[C@@H](O)[C@@H]2[C@@H]1N. The van der Waals surface area contributed by atoms with E-state index in [0.717, 1.165) is 0 Å². The second-order valence-corrected chi connectivity index (χ2v) is 6.14. The molecule has 0 radical (unpaired) electrons. The van der Waals surface area contributed by atoms with Gasteiger partial charge < -0.3 is 25.8 Å². The van der Waals surface area contributed by atoms with E-state index >= 15 is 0 Å². The van der Waals surface area contributed by atoms with Gasteiger partial charge in [-0.25, -0.2) is 4.79 Å². The molecule has 1 fully saturated rings. The number of cyclic esters (lactones) is 1. The first-order chi connectivity index (χ1) is 8.70. The monoisotopic (exact) mass is 311 g/mol. The fourth-order valence-corrected chi connectivity index (χ4v) is 2.93. The summed E-state index contributed by atoms with van der Waals surface area (Å²) in [7, 11) is 0. The van der Waals surface area contributed by atoms with Crippen molar-refractivity contribution in [3.8, 4) is 0 Å². The lowest BCUT2D eigenvalue weighted by Crippen LogP contribution is -2.65. The lowest BCUT2D eigenvalue weighted by atomic mass is 9.71. The van der Waals surface area contributed by atoms with Crippen LogP contribution in [0.4, 0.5) is 0 Å². The molecule has 6 nitrogen and oxygen atoms in total. The summed E-state index contributed by atoms with van der Waals surface area (Å²) in [5.74, 6) is -2.13. The Morgan fingerprint density at radius 2 is 2.05 bits per heavy atom. The van der Waals surface area contributed by atoms with Crippen molar-refractivity contribution in [1.82, 2.24) is 0 Å². The van der Waals surface area contributed by atoms with Gasteiger partial charge in [0.1, 0.15) is 10.6 Å². The van der Waals surface area contributed by atoms with Crippen LogP contribution < -0.4 is 5.73 Å². The normalized spacial score (nSPS) is 43.2. The van der Waals surface area contributed by atoms with Gasteiger partial charge in [-0.2, -0.15) is 0 Å². The number of rotatable bonds is 1. The van der Waals surface area contributed by atoms with E-state index < -0.39 is 40.6 Å². The van der Waals surface area contributed by atoms with Crippen molar-refractivity contribution in [2.45, 2.75) is 42.0 Å². The van der Waals surface area contributed by atoms with Crippen LogP contribution in [0.5, 0.6) is 0 Å². The summed E-state index contributed by atoms with van der Waals surface area (Å²) in [5, 5.41) is 29.5. The van der Waals surface area contributed by atoms with Crippen LogP contribution in [0.1, 0.15) is 13.3 Å². The van der Waals surface area contributed by atoms with Gasteiger partial charge in [0.2, 0.25) is 0 Å². The van der Waals surface area contributed by atoms with E-state index in [4.69, 9.17) is 33.7 Å². The van der Waals surface area contributed by atoms with Crippen LogP contribution in [-0.4, -0.2) is 50.0 Å². The number of hydrogen-bond acceptors (Lipinski definition) is 6. The summed E-state index contributed by atoms with van der Waals surface area (Å²) in [6, 6.07) is -0.952. The quantitative estimate of drug-likeness (QED) is 0.400. The number of aliphatic hydroxyl groups excluding tert-OH is 3. The minimum atomic E-state index is -1.41. The summed E-state index contributed by atoms with van der Waals surface area (Å²) in [4.78, 5) is 10.8. The molecule has 1 saturated heterocycles. The van der Waals surface area contributed by atoms with Gasteiger partial charge in [0.25, 0.3) is 0 Å². The zero-order valence-electron chi connectivity index (χ0n) is 10.1. The van der Waals surface area contributed by atoms with Gasteiger partial charge in [-0.3, -0.25) is 0 Å². The number of aliphatic hydroxyl groups is 3. The molecule has 0 amide bonds. The molecular weight excluding hydrogens is 297 g/mol. The summed E-state index contributed by atoms with van der Waals surface area (Å²) in [5.41, 5.74) is 4.46. The number of nitrogens with two attached hydrogens (primary N) is 1. The van der Waals surface area contributed by atoms with E-state index in [1.165, 1.54) is 6.92 Å². The van der Waals surface area contributed by atoms with Crippen LogP contribution >= 0.6 is 23.2 Å². The van der Waals surface area contributed by atoms with Gasteiger partial charge in [-0.05, 0) is 6.92 Å². The highest BCUT2D eigenvalue weighted by Crippen LogP contribution is 2.43. The number of esters is 1. The highest BCUT2D eigenvalue weighted by atomic mass is 35.5. The standard InChI is InChI=1S/C11H15Cl2NO5/c1-11(10(12)13)8(14)6-5(9(18)19-11)3(15)2-4(16)7(6)17/h4,6-8,10,15-17H,2,14H2,1H3/t4-,6+,7+,8-,11-/m0/s1. The van der Waals surface area contributed by atoms with Crippen LogP contribution in [0.25, 0.3) is 0 Å². The highest BCUT2D eigenvalue weighted by Gasteiger charge is 2.57. The zero-order valence-corrected chi connectivity index (χ0v) is 11.6. The molecule has 108 valence electrons. The second-order valence-electron chi connectivity index (χ2n) is 5.05. The molecule has 0 aromatic carbocycles. The van der Waals surface area contributed by atoms with Crippen molar-refractivity contribution in [1.29, 1.82) is 0 Å². The maximum atomic E-state index is 12.0. The molecule has 0 bridgehead atoms. The van der Waals surface area contributed by atoms with E-state index in [-0.39, 0.29) is 17.8 Å². The maximum Gasteiger partial charge on any atom is 0.338 e. The van der Waals surface area contributed by atoms with Gasteiger partial charge in [0.05, 0.1) is 23.8 Å². The molecule has 2 aliphatic rings. The predicted octanol–water partition coefficient (Wildman–Crippen LogP) is -0.0133. The molecule has 5 atom stereocenters. The maximum absolute atomic E-state index is 12.0. The summed E-state index contributed by atoms with van der Waals surface area (Å²) >= 11 is 11.6. The molecule has 2 rings (SSSR count). The lowest BCUT2D eigenvalue weighted by molar-refractivity contribution is -0.169. The smallest absolute Gasteiger partial charge is 0.338 e. The first-order valence-corrected chi connectivity index (χ1v) is 6.62. The highest BCUT2D eigenvalue weighted by molar-refractivity contribution is 6.45. The number of fused-ring (bicyclic) bond motifs is 1.